The summed E-state index contributed by atoms with van der Waals surface area (Å²) in [4.78, 5) is 28.3. The van der Waals surface area contributed by atoms with Crippen molar-refractivity contribution in [2.45, 2.75) is 0 Å². The number of sulfonamides is 1. The van der Waals surface area contributed by atoms with Crippen LogP contribution in [0.4, 0.5) is 5.69 Å². The molecule has 0 aliphatic rings. The third-order valence-corrected chi connectivity index (χ3v) is 4.81. The second-order valence-electron chi connectivity index (χ2n) is 5.49. The minimum absolute atomic E-state index is 0.315. The van der Waals surface area contributed by atoms with Gasteiger partial charge >= 0.3 is 5.97 Å². The van der Waals surface area contributed by atoms with Crippen LogP contribution in [0.5, 0.6) is 0 Å². The van der Waals surface area contributed by atoms with E-state index in [1.807, 2.05) is 0 Å². The lowest BCUT2D eigenvalue weighted by Crippen LogP contribution is -2.14. The number of anilines is 1. The molecular formula is C17H14N2O5S2. The minimum Gasteiger partial charge on any atom is -0.454 e. The Bertz CT molecular complexity index is 1070. The third-order valence-electron chi connectivity index (χ3n) is 3.41. The van der Waals surface area contributed by atoms with E-state index in [0.717, 1.165) is 16.5 Å². The number of rotatable bonds is 6. The standard InChI is InChI=1S/C17H14N2O5S2/c1-26(22,23)19-13-5-2-11(3-6-13)15(20)9-24-17(21)12-4-7-14-16(8-12)25-10-18-14/h2-8,10,19H,9H2,1H3. The van der Waals surface area contributed by atoms with Crippen molar-refractivity contribution in [3.63, 3.8) is 0 Å². The smallest absolute Gasteiger partial charge is 0.338 e. The SMILES string of the molecule is CS(=O)(=O)Nc1ccc(C(=O)COC(=O)c2ccc3ncsc3c2)cc1. The molecule has 0 aliphatic heterocycles. The van der Waals surface area contributed by atoms with Crippen molar-refractivity contribution in [3.05, 3.63) is 59.1 Å². The summed E-state index contributed by atoms with van der Waals surface area (Å²) in [6.07, 6.45) is 1.04. The first-order chi connectivity index (χ1) is 12.3. The van der Waals surface area contributed by atoms with Crippen LogP contribution in [0.3, 0.4) is 0 Å². The molecule has 1 aromatic heterocycles. The van der Waals surface area contributed by atoms with Crippen molar-refractivity contribution < 1.29 is 22.7 Å². The summed E-state index contributed by atoms with van der Waals surface area (Å²) in [7, 11) is -3.38. The van der Waals surface area contributed by atoms with Crippen LogP contribution in [0, 0.1) is 0 Å². The van der Waals surface area contributed by atoms with E-state index in [9.17, 15) is 18.0 Å². The second-order valence-corrected chi connectivity index (χ2v) is 8.12. The largest absolute Gasteiger partial charge is 0.454 e. The molecule has 0 bridgehead atoms. The van der Waals surface area contributed by atoms with Crippen molar-refractivity contribution in [3.8, 4) is 0 Å². The number of benzene rings is 2. The fourth-order valence-corrected chi connectivity index (χ4v) is 3.50. The Kier molecular flexibility index (Phi) is 5.01. The summed E-state index contributed by atoms with van der Waals surface area (Å²) < 4.78 is 30.5. The van der Waals surface area contributed by atoms with E-state index in [1.165, 1.54) is 35.6 Å². The van der Waals surface area contributed by atoms with Gasteiger partial charge in [0.15, 0.2) is 12.4 Å². The summed E-state index contributed by atoms with van der Waals surface area (Å²) in [5.41, 5.74) is 3.49. The van der Waals surface area contributed by atoms with E-state index in [0.29, 0.717) is 16.8 Å². The molecule has 0 amide bonds. The lowest BCUT2D eigenvalue weighted by atomic mass is 10.1. The van der Waals surface area contributed by atoms with Gasteiger partial charge in [-0.15, -0.1) is 11.3 Å². The van der Waals surface area contributed by atoms with E-state index in [4.69, 9.17) is 4.74 Å². The Morgan fingerprint density at radius 1 is 1.12 bits per heavy atom. The first-order valence-electron chi connectivity index (χ1n) is 7.43. The van der Waals surface area contributed by atoms with Crippen LogP contribution in [0.2, 0.25) is 0 Å². The predicted molar refractivity (Wildman–Crippen MR) is 99.1 cm³/mol. The van der Waals surface area contributed by atoms with E-state index < -0.39 is 22.6 Å². The highest BCUT2D eigenvalue weighted by atomic mass is 32.2. The molecule has 3 rings (SSSR count). The Morgan fingerprint density at radius 2 is 1.81 bits per heavy atom. The van der Waals surface area contributed by atoms with Crippen LogP contribution in [0.1, 0.15) is 20.7 Å². The molecule has 0 fully saturated rings. The fourth-order valence-electron chi connectivity index (χ4n) is 2.22. The van der Waals surface area contributed by atoms with Crippen molar-refractivity contribution in [1.29, 1.82) is 0 Å². The highest BCUT2D eigenvalue weighted by Gasteiger charge is 2.13. The highest BCUT2D eigenvalue weighted by molar-refractivity contribution is 7.92. The molecule has 0 aliphatic carbocycles. The molecule has 7 nitrogen and oxygen atoms in total. The zero-order chi connectivity index (χ0) is 18.7. The summed E-state index contributed by atoms with van der Waals surface area (Å²) in [6, 6.07) is 10.9. The monoisotopic (exact) mass is 390 g/mol. The number of Topliss-reactive ketones (excluding diaryl/α,β-unsaturated/α-hetero) is 1. The number of ketones is 1. The van der Waals surface area contributed by atoms with E-state index in [2.05, 4.69) is 9.71 Å². The van der Waals surface area contributed by atoms with Gasteiger partial charge in [0.25, 0.3) is 0 Å². The fraction of sp³-hybridized carbons (Fsp3) is 0.118. The molecular weight excluding hydrogens is 376 g/mol. The number of nitrogens with one attached hydrogen (secondary N) is 1. The number of esters is 1. The van der Waals surface area contributed by atoms with Crippen LogP contribution in [-0.2, 0) is 14.8 Å². The number of hydrogen-bond acceptors (Lipinski definition) is 7. The van der Waals surface area contributed by atoms with Gasteiger partial charge in [-0.05, 0) is 42.5 Å². The van der Waals surface area contributed by atoms with Crippen molar-refractivity contribution in [2.24, 2.45) is 0 Å². The molecule has 134 valence electrons. The highest BCUT2D eigenvalue weighted by Crippen LogP contribution is 2.19. The third kappa shape index (κ3) is 4.44. The first-order valence-corrected chi connectivity index (χ1v) is 10.2. The summed E-state index contributed by atoms with van der Waals surface area (Å²) >= 11 is 1.41. The van der Waals surface area contributed by atoms with Crippen LogP contribution < -0.4 is 4.72 Å². The molecule has 1 N–H and O–H groups in total. The van der Waals surface area contributed by atoms with Gasteiger partial charge in [-0.3, -0.25) is 9.52 Å². The number of carbonyl (C=O) groups is 2. The van der Waals surface area contributed by atoms with E-state index in [1.54, 1.807) is 23.7 Å². The lowest BCUT2D eigenvalue weighted by Gasteiger charge is -2.06. The first kappa shape index (κ1) is 18.0. The zero-order valence-electron chi connectivity index (χ0n) is 13.6. The molecule has 0 atom stereocenters. The zero-order valence-corrected chi connectivity index (χ0v) is 15.3. The van der Waals surface area contributed by atoms with Crippen LogP contribution in [0.25, 0.3) is 10.2 Å². The van der Waals surface area contributed by atoms with Gasteiger partial charge in [0, 0.05) is 11.3 Å². The second kappa shape index (κ2) is 7.22. The number of aromatic nitrogens is 1. The van der Waals surface area contributed by atoms with Gasteiger partial charge < -0.3 is 4.74 Å². The quantitative estimate of drug-likeness (QED) is 0.513. The molecule has 1 heterocycles. The Balaban J connectivity index is 1.61. The minimum atomic E-state index is -3.38. The Hall–Kier alpha value is -2.78. The maximum atomic E-state index is 12.1. The van der Waals surface area contributed by atoms with Crippen LogP contribution in [-0.4, -0.2) is 38.0 Å². The average Bonchev–Trinajstić information content (AvgIpc) is 3.06. The maximum Gasteiger partial charge on any atom is 0.338 e. The molecule has 0 saturated heterocycles. The Morgan fingerprint density at radius 3 is 2.50 bits per heavy atom. The van der Waals surface area contributed by atoms with Crippen LogP contribution >= 0.6 is 11.3 Å². The van der Waals surface area contributed by atoms with Crippen molar-refractivity contribution in [1.82, 2.24) is 4.98 Å². The normalized spacial score (nSPS) is 11.3. The molecule has 0 spiro atoms. The maximum absolute atomic E-state index is 12.1. The summed E-state index contributed by atoms with van der Waals surface area (Å²) in [5, 5.41) is 0. The van der Waals surface area contributed by atoms with Gasteiger partial charge in [-0.2, -0.15) is 0 Å². The van der Waals surface area contributed by atoms with Gasteiger partial charge in [-0.25, -0.2) is 18.2 Å². The van der Waals surface area contributed by atoms with Gasteiger partial charge in [0.1, 0.15) is 0 Å². The van der Waals surface area contributed by atoms with Gasteiger partial charge in [-0.1, -0.05) is 0 Å². The number of carbonyl (C=O) groups excluding carboxylic acids is 2. The molecule has 0 unspecified atom stereocenters. The van der Waals surface area contributed by atoms with Crippen LogP contribution in [0.15, 0.2) is 48.0 Å². The van der Waals surface area contributed by atoms with E-state index >= 15 is 0 Å². The number of thiazole rings is 1. The predicted octanol–water partition coefficient (Wildman–Crippen LogP) is 2.71. The number of nitrogens with zero attached hydrogens (tertiary/aromatic N) is 1. The number of hydrogen-bond donors (Lipinski definition) is 1. The number of fused-ring (bicyclic) bond motifs is 1. The summed E-state index contributed by atoms with van der Waals surface area (Å²) in [5.74, 6) is -0.980. The Labute approximate surface area is 153 Å². The molecule has 0 radical (unpaired) electrons. The van der Waals surface area contributed by atoms with Crippen molar-refractivity contribution in [2.75, 3.05) is 17.6 Å². The molecule has 3 aromatic rings. The van der Waals surface area contributed by atoms with Gasteiger partial charge in [0.2, 0.25) is 10.0 Å². The molecule has 9 heteroatoms. The average molecular weight is 390 g/mol. The van der Waals surface area contributed by atoms with Crippen molar-refractivity contribution >= 4 is 49.0 Å². The number of ether oxygens (including phenoxy) is 1. The topological polar surface area (TPSA) is 102 Å². The lowest BCUT2D eigenvalue weighted by molar-refractivity contribution is 0.0475. The van der Waals surface area contributed by atoms with E-state index in [-0.39, 0.29) is 5.78 Å². The molecule has 26 heavy (non-hydrogen) atoms. The molecule has 2 aromatic carbocycles. The summed E-state index contributed by atoms with van der Waals surface area (Å²) in [6.45, 7) is -0.404. The van der Waals surface area contributed by atoms with Gasteiger partial charge in [0.05, 0.1) is 27.5 Å². The molecule has 0 saturated carbocycles.